The highest BCUT2D eigenvalue weighted by molar-refractivity contribution is 6.43. The fourth-order valence-electron chi connectivity index (χ4n) is 3.53. The first-order valence-electron chi connectivity index (χ1n) is 10.9. The van der Waals surface area contributed by atoms with Crippen molar-refractivity contribution in [2.45, 2.75) is 0 Å². The number of hydrogen-bond donors (Lipinski definition) is 0. The van der Waals surface area contributed by atoms with Crippen molar-refractivity contribution in [3.8, 4) is 23.0 Å². The zero-order valence-corrected chi connectivity index (χ0v) is 20.6. The Labute approximate surface area is 224 Å². The third-order valence-electron chi connectivity index (χ3n) is 5.37. The second-order valence-corrected chi connectivity index (χ2v) is 8.65. The Bertz CT molecular complexity index is 1730. The zero-order valence-electron chi connectivity index (χ0n) is 19.1. The molecule has 0 bridgehead atoms. The topological polar surface area (TPSA) is 134 Å². The summed E-state index contributed by atoms with van der Waals surface area (Å²) in [6, 6.07) is 20.3. The van der Waals surface area contributed by atoms with Crippen LogP contribution in [-0.4, -0.2) is 21.0 Å². The fourth-order valence-corrected chi connectivity index (χ4v) is 3.91. The lowest BCUT2D eigenvalue weighted by molar-refractivity contribution is -0.394. The molecule has 0 atom stereocenters. The molecular formula is C26H14Cl2N4O6. The Morgan fingerprint density at radius 1 is 0.921 bits per heavy atom. The number of oxazole rings is 1. The van der Waals surface area contributed by atoms with Gasteiger partial charge in [-0.25, -0.2) is 4.98 Å². The second kappa shape index (κ2) is 10.3. The number of ether oxygens (including phenoxy) is 1. The SMILES string of the molecule is O=[N+]([O-])c1ccc(Oc2ccc(C=Nc3ccc4oc(-c5cccc(Cl)c5Cl)nc4c3)cc2)c([N+](=O)[O-])c1. The van der Waals surface area contributed by atoms with Crippen LogP contribution in [0.3, 0.4) is 0 Å². The van der Waals surface area contributed by atoms with E-state index in [1.54, 1.807) is 66.9 Å². The molecule has 38 heavy (non-hydrogen) atoms. The summed E-state index contributed by atoms with van der Waals surface area (Å²) in [5.41, 5.74) is 2.22. The van der Waals surface area contributed by atoms with Crippen LogP contribution in [0, 0.1) is 20.2 Å². The Hall–Kier alpha value is -4.80. The highest BCUT2D eigenvalue weighted by Gasteiger charge is 2.21. The van der Waals surface area contributed by atoms with Crippen molar-refractivity contribution in [1.82, 2.24) is 4.98 Å². The van der Waals surface area contributed by atoms with Gasteiger partial charge in [-0.15, -0.1) is 0 Å². The maximum atomic E-state index is 11.3. The average molecular weight is 549 g/mol. The molecule has 0 saturated heterocycles. The predicted molar refractivity (Wildman–Crippen MR) is 143 cm³/mol. The van der Waals surface area contributed by atoms with Crippen LogP contribution in [0.2, 0.25) is 10.0 Å². The number of aliphatic imine (C=N–C) groups is 1. The van der Waals surface area contributed by atoms with Crippen LogP contribution in [0.1, 0.15) is 5.56 Å². The normalized spacial score (nSPS) is 11.2. The van der Waals surface area contributed by atoms with E-state index in [9.17, 15) is 20.2 Å². The van der Waals surface area contributed by atoms with Crippen molar-refractivity contribution < 1.29 is 19.0 Å². The molecule has 0 saturated carbocycles. The molecule has 12 heteroatoms. The lowest BCUT2D eigenvalue weighted by atomic mass is 10.2. The third kappa shape index (κ3) is 5.17. The summed E-state index contributed by atoms with van der Waals surface area (Å²) in [6.45, 7) is 0. The van der Waals surface area contributed by atoms with Gasteiger partial charge in [-0.2, -0.15) is 0 Å². The summed E-state index contributed by atoms with van der Waals surface area (Å²) in [7, 11) is 0. The van der Waals surface area contributed by atoms with Crippen LogP contribution in [0.25, 0.3) is 22.6 Å². The van der Waals surface area contributed by atoms with Crippen molar-refractivity contribution in [3.63, 3.8) is 0 Å². The number of nitro groups is 2. The molecule has 1 heterocycles. The van der Waals surface area contributed by atoms with E-state index in [0.717, 1.165) is 17.7 Å². The minimum atomic E-state index is -0.735. The van der Waals surface area contributed by atoms with Crippen LogP contribution in [-0.2, 0) is 0 Å². The van der Waals surface area contributed by atoms with E-state index >= 15 is 0 Å². The third-order valence-corrected chi connectivity index (χ3v) is 6.19. The average Bonchev–Trinajstić information content (AvgIpc) is 3.33. The van der Waals surface area contributed by atoms with Crippen LogP contribution < -0.4 is 4.74 Å². The molecular weight excluding hydrogens is 535 g/mol. The first-order chi connectivity index (χ1) is 18.3. The van der Waals surface area contributed by atoms with E-state index in [4.69, 9.17) is 32.4 Å². The Morgan fingerprint density at radius 3 is 2.45 bits per heavy atom. The molecule has 0 fully saturated rings. The molecule has 0 aliphatic rings. The Morgan fingerprint density at radius 2 is 1.71 bits per heavy atom. The summed E-state index contributed by atoms with van der Waals surface area (Å²) in [5, 5.41) is 23.0. The molecule has 10 nitrogen and oxygen atoms in total. The highest BCUT2D eigenvalue weighted by Crippen LogP contribution is 2.36. The van der Waals surface area contributed by atoms with Crippen molar-refractivity contribution in [2.75, 3.05) is 0 Å². The number of rotatable bonds is 7. The van der Waals surface area contributed by atoms with Crippen molar-refractivity contribution >= 4 is 57.6 Å². The molecule has 0 N–H and O–H groups in total. The zero-order chi connectivity index (χ0) is 26.8. The molecule has 0 aliphatic heterocycles. The summed E-state index contributed by atoms with van der Waals surface area (Å²) in [4.78, 5) is 29.7. The van der Waals surface area contributed by atoms with Gasteiger partial charge in [0, 0.05) is 12.3 Å². The number of nitrogens with zero attached hydrogens (tertiary/aromatic N) is 4. The van der Waals surface area contributed by atoms with Gasteiger partial charge >= 0.3 is 5.69 Å². The number of non-ortho nitro benzene ring substituents is 1. The number of fused-ring (bicyclic) bond motifs is 1. The van der Waals surface area contributed by atoms with Crippen molar-refractivity contribution in [3.05, 3.63) is 115 Å². The fraction of sp³-hybridized carbons (Fsp3) is 0. The van der Waals surface area contributed by atoms with Gasteiger partial charge in [0.1, 0.15) is 11.3 Å². The van der Waals surface area contributed by atoms with E-state index in [2.05, 4.69) is 9.98 Å². The molecule has 5 rings (SSSR count). The molecule has 0 aliphatic carbocycles. The van der Waals surface area contributed by atoms with Crippen molar-refractivity contribution in [2.24, 2.45) is 4.99 Å². The summed E-state index contributed by atoms with van der Waals surface area (Å²) in [5.74, 6) is 0.550. The maximum Gasteiger partial charge on any atom is 0.318 e. The molecule has 5 aromatic rings. The summed E-state index contributed by atoms with van der Waals surface area (Å²) < 4.78 is 11.4. The summed E-state index contributed by atoms with van der Waals surface area (Å²) in [6.07, 6.45) is 1.63. The number of nitro benzene ring substituents is 2. The van der Waals surface area contributed by atoms with Crippen LogP contribution in [0.4, 0.5) is 17.1 Å². The number of hydrogen-bond acceptors (Lipinski definition) is 8. The van der Waals surface area contributed by atoms with Crippen molar-refractivity contribution in [1.29, 1.82) is 0 Å². The van der Waals surface area contributed by atoms with E-state index in [0.29, 0.717) is 44.0 Å². The van der Waals surface area contributed by atoms with Gasteiger partial charge < -0.3 is 9.15 Å². The van der Waals surface area contributed by atoms with Crippen LogP contribution in [0.15, 0.2) is 88.3 Å². The van der Waals surface area contributed by atoms with Crippen LogP contribution in [0.5, 0.6) is 11.5 Å². The first kappa shape index (κ1) is 24.9. The molecule has 1 aromatic heterocycles. The van der Waals surface area contributed by atoms with Gasteiger partial charge in [-0.05, 0) is 66.2 Å². The second-order valence-electron chi connectivity index (χ2n) is 7.87. The Balaban J connectivity index is 1.32. The smallest absolute Gasteiger partial charge is 0.318 e. The molecule has 0 unspecified atom stereocenters. The molecule has 188 valence electrons. The standard InChI is InChI=1S/C26H14Cl2N4O6/c27-20-3-1-2-19(25(20)28)26-30-21-12-16(6-10-23(21)38-26)29-14-15-4-8-18(9-5-15)37-24-11-7-17(31(33)34)13-22(24)32(35)36/h1-14H. The largest absolute Gasteiger partial charge is 0.450 e. The highest BCUT2D eigenvalue weighted by atomic mass is 35.5. The quantitative estimate of drug-likeness (QED) is 0.114. The van der Waals surface area contributed by atoms with E-state index in [-0.39, 0.29) is 5.75 Å². The van der Waals surface area contributed by atoms with Gasteiger partial charge in [-0.3, -0.25) is 25.2 Å². The number of aromatic nitrogens is 1. The molecule has 4 aromatic carbocycles. The van der Waals surface area contributed by atoms with E-state index in [1.807, 2.05) is 0 Å². The maximum absolute atomic E-state index is 11.3. The number of benzene rings is 4. The molecule has 0 radical (unpaired) electrons. The van der Waals surface area contributed by atoms with Gasteiger partial charge in [-0.1, -0.05) is 29.3 Å². The summed E-state index contributed by atoms with van der Waals surface area (Å²) >= 11 is 12.4. The lowest BCUT2D eigenvalue weighted by Crippen LogP contribution is -1.96. The van der Waals surface area contributed by atoms with E-state index in [1.165, 1.54) is 6.07 Å². The Kier molecular flexibility index (Phi) is 6.73. The van der Waals surface area contributed by atoms with Gasteiger partial charge in [0.25, 0.3) is 5.69 Å². The van der Waals surface area contributed by atoms with Crippen LogP contribution >= 0.6 is 23.2 Å². The predicted octanol–water partition coefficient (Wildman–Crippen LogP) is 8.16. The van der Waals surface area contributed by atoms with Gasteiger partial charge in [0.15, 0.2) is 5.58 Å². The number of halogens is 2. The lowest BCUT2D eigenvalue weighted by Gasteiger charge is -2.06. The molecule has 0 spiro atoms. The first-order valence-corrected chi connectivity index (χ1v) is 11.6. The minimum Gasteiger partial charge on any atom is -0.450 e. The van der Waals surface area contributed by atoms with Gasteiger partial charge in [0.2, 0.25) is 11.6 Å². The molecule has 0 amide bonds. The van der Waals surface area contributed by atoms with E-state index < -0.39 is 21.2 Å². The monoisotopic (exact) mass is 548 g/mol. The van der Waals surface area contributed by atoms with Gasteiger partial charge in [0.05, 0.1) is 37.2 Å². The minimum absolute atomic E-state index is 0.110.